The summed E-state index contributed by atoms with van der Waals surface area (Å²) in [5.74, 6) is 0. The van der Waals surface area contributed by atoms with Crippen molar-refractivity contribution in [2.45, 2.75) is 64.8 Å². The fourth-order valence-corrected chi connectivity index (χ4v) is 3.02. The molecule has 0 aromatic carbocycles. The van der Waals surface area contributed by atoms with Crippen LogP contribution in [0.3, 0.4) is 0 Å². The van der Waals surface area contributed by atoms with E-state index in [1.165, 1.54) is 0 Å². The molecule has 1 aliphatic rings. The number of morpholine rings is 1. The molecule has 1 unspecified atom stereocenters. The van der Waals surface area contributed by atoms with Gasteiger partial charge in [0.25, 0.3) is 0 Å². The Balaban J connectivity index is 2.59. The van der Waals surface area contributed by atoms with E-state index in [1.807, 2.05) is 0 Å². The number of ether oxygens (including phenoxy) is 1. The zero-order chi connectivity index (χ0) is 14.0. The Bertz CT molecular complexity index is 249. The first-order valence-corrected chi connectivity index (χ1v) is 6.93. The van der Waals surface area contributed by atoms with E-state index in [-0.39, 0.29) is 23.9 Å². The van der Waals surface area contributed by atoms with Gasteiger partial charge in [0.05, 0.1) is 17.8 Å². The molecule has 108 valence electrons. The first-order chi connectivity index (χ1) is 8.13. The standard InChI is InChI=1S/C14H30N2O2/c1-11(2)15-12(8-17)7-16-9-13(3,4)18-14(5,6)10-16/h11-12,15,17H,7-10H2,1-6H3. The van der Waals surface area contributed by atoms with Crippen LogP contribution in [0.2, 0.25) is 0 Å². The largest absolute Gasteiger partial charge is 0.395 e. The summed E-state index contributed by atoms with van der Waals surface area (Å²) < 4.78 is 6.06. The summed E-state index contributed by atoms with van der Waals surface area (Å²) in [7, 11) is 0. The molecular weight excluding hydrogens is 228 g/mol. The molecule has 0 aromatic rings. The Hall–Kier alpha value is -0.160. The van der Waals surface area contributed by atoms with Gasteiger partial charge < -0.3 is 15.2 Å². The summed E-state index contributed by atoms with van der Waals surface area (Å²) in [6, 6.07) is 0.527. The van der Waals surface area contributed by atoms with Crippen molar-refractivity contribution in [3.63, 3.8) is 0 Å². The van der Waals surface area contributed by atoms with Gasteiger partial charge in [0.1, 0.15) is 0 Å². The Labute approximate surface area is 112 Å². The van der Waals surface area contributed by atoms with Gasteiger partial charge >= 0.3 is 0 Å². The number of aliphatic hydroxyl groups excluding tert-OH is 1. The molecule has 1 atom stereocenters. The Morgan fingerprint density at radius 1 is 1.17 bits per heavy atom. The molecule has 1 saturated heterocycles. The van der Waals surface area contributed by atoms with Gasteiger partial charge in [-0.15, -0.1) is 0 Å². The molecule has 0 aromatic heterocycles. The lowest BCUT2D eigenvalue weighted by Crippen LogP contribution is -2.60. The van der Waals surface area contributed by atoms with Crippen LogP contribution in [0.5, 0.6) is 0 Å². The predicted molar refractivity (Wildman–Crippen MR) is 74.8 cm³/mol. The van der Waals surface area contributed by atoms with E-state index >= 15 is 0 Å². The van der Waals surface area contributed by atoms with Gasteiger partial charge in [-0.2, -0.15) is 0 Å². The monoisotopic (exact) mass is 258 g/mol. The number of nitrogens with zero attached hydrogens (tertiary/aromatic N) is 1. The normalized spacial score (nSPS) is 25.3. The zero-order valence-electron chi connectivity index (χ0n) is 12.8. The lowest BCUT2D eigenvalue weighted by atomic mass is 9.98. The predicted octanol–water partition coefficient (Wildman–Crippen LogP) is 1.23. The van der Waals surface area contributed by atoms with Crippen LogP contribution in [-0.2, 0) is 4.74 Å². The molecule has 0 spiro atoms. The van der Waals surface area contributed by atoms with Crippen LogP contribution in [-0.4, -0.2) is 59.5 Å². The maximum Gasteiger partial charge on any atom is 0.0760 e. The van der Waals surface area contributed by atoms with Crippen molar-refractivity contribution in [3.05, 3.63) is 0 Å². The highest BCUT2D eigenvalue weighted by molar-refractivity contribution is 4.90. The third kappa shape index (κ3) is 5.22. The van der Waals surface area contributed by atoms with E-state index in [2.05, 4.69) is 51.8 Å². The Morgan fingerprint density at radius 3 is 2.06 bits per heavy atom. The van der Waals surface area contributed by atoms with Crippen molar-refractivity contribution in [1.29, 1.82) is 0 Å². The molecule has 0 amide bonds. The smallest absolute Gasteiger partial charge is 0.0760 e. The quantitative estimate of drug-likeness (QED) is 0.779. The van der Waals surface area contributed by atoms with Gasteiger partial charge in [-0.05, 0) is 27.7 Å². The van der Waals surface area contributed by atoms with Crippen LogP contribution < -0.4 is 5.32 Å². The maximum absolute atomic E-state index is 9.45. The molecule has 1 fully saturated rings. The third-order valence-electron chi connectivity index (χ3n) is 3.03. The first kappa shape index (κ1) is 15.9. The second-order valence-electron chi connectivity index (χ2n) is 6.99. The van der Waals surface area contributed by atoms with Crippen LogP contribution in [0.25, 0.3) is 0 Å². The number of hydrogen-bond acceptors (Lipinski definition) is 4. The molecule has 0 radical (unpaired) electrons. The second kappa shape index (κ2) is 5.87. The lowest BCUT2D eigenvalue weighted by Gasteiger charge is -2.48. The minimum Gasteiger partial charge on any atom is -0.395 e. The van der Waals surface area contributed by atoms with Crippen LogP contribution >= 0.6 is 0 Å². The van der Waals surface area contributed by atoms with E-state index in [9.17, 15) is 5.11 Å². The summed E-state index contributed by atoms with van der Waals surface area (Å²) >= 11 is 0. The highest BCUT2D eigenvalue weighted by atomic mass is 16.5. The van der Waals surface area contributed by atoms with Crippen molar-refractivity contribution < 1.29 is 9.84 Å². The van der Waals surface area contributed by atoms with Crippen molar-refractivity contribution in [1.82, 2.24) is 10.2 Å². The van der Waals surface area contributed by atoms with Gasteiger partial charge in [-0.1, -0.05) is 13.8 Å². The maximum atomic E-state index is 9.45. The van der Waals surface area contributed by atoms with Crippen molar-refractivity contribution >= 4 is 0 Å². The summed E-state index contributed by atoms with van der Waals surface area (Å²) in [4.78, 5) is 2.39. The molecule has 4 nitrogen and oxygen atoms in total. The number of rotatable bonds is 5. The molecule has 0 bridgehead atoms. The average Bonchev–Trinajstić information content (AvgIpc) is 2.10. The van der Waals surface area contributed by atoms with Gasteiger partial charge in [-0.25, -0.2) is 0 Å². The molecule has 18 heavy (non-hydrogen) atoms. The number of hydrogen-bond donors (Lipinski definition) is 2. The van der Waals surface area contributed by atoms with E-state index in [4.69, 9.17) is 4.74 Å². The fraction of sp³-hybridized carbons (Fsp3) is 1.00. The van der Waals surface area contributed by atoms with Crippen molar-refractivity contribution in [3.8, 4) is 0 Å². The Morgan fingerprint density at radius 2 is 1.67 bits per heavy atom. The summed E-state index contributed by atoms with van der Waals surface area (Å²) in [6.07, 6.45) is 0. The van der Waals surface area contributed by atoms with Crippen LogP contribution in [0.1, 0.15) is 41.5 Å². The zero-order valence-corrected chi connectivity index (χ0v) is 12.8. The van der Waals surface area contributed by atoms with E-state index < -0.39 is 0 Å². The highest BCUT2D eigenvalue weighted by Crippen LogP contribution is 2.27. The van der Waals surface area contributed by atoms with Crippen molar-refractivity contribution in [2.24, 2.45) is 0 Å². The molecule has 1 heterocycles. The SMILES string of the molecule is CC(C)NC(CO)CN1CC(C)(C)OC(C)(C)C1. The summed E-state index contributed by atoms with van der Waals surface area (Å²) in [5, 5.41) is 12.8. The first-order valence-electron chi connectivity index (χ1n) is 6.93. The molecule has 2 N–H and O–H groups in total. The molecule has 1 aliphatic heterocycles. The Kier molecular flexibility index (Phi) is 5.18. The molecule has 4 heteroatoms. The molecular formula is C14H30N2O2. The minimum atomic E-state index is -0.125. The van der Waals surface area contributed by atoms with Crippen molar-refractivity contribution in [2.75, 3.05) is 26.2 Å². The van der Waals surface area contributed by atoms with Gasteiger partial charge in [0.2, 0.25) is 0 Å². The second-order valence-corrected chi connectivity index (χ2v) is 6.99. The third-order valence-corrected chi connectivity index (χ3v) is 3.03. The van der Waals surface area contributed by atoms with Gasteiger partial charge in [-0.3, -0.25) is 4.90 Å². The molecule has 1 rings (SSSR count). The van der Waals surface area contributed by atoms with E-state index in [0.29, 0.717) is 6.04 Å². The summed E-state index contributed by atoms with van der Waals surface area (Å²) in [5.41, 5.74) is -0.251. The van der Waals surface area contributed by atoms with Crippen LogP contribution in [0, 0.1) is 0 Å². The average molecular weight is 258 g/mol. The summed E-state index contributed by atoms with van der Waals surface area (Å²) in [6.45, 7) is 15.6. The molecule has 0 saturated carbocycles. The fourth-order valence-electron chi connectivity index (χ4n) is 3.02. The highest BCUT2D eigenvalue weighted by Gasteiger charge is 2.38. The minimum absolute atomic E-state index is 0.125. The molecule has 0 aliphatic carbocycles. The van der Waals surface area contributed by atoms with Gasteiger partial charge in [0.15, 0.2) is 0 Å². The lowest BCUT2D eigenvalue weighted by molar-refractivity contribution is -0.181. The number of aliphatic hydroxyl groups is 1. The van der Waals surface area contributed by atoms with Crippen LogP contribution in [0.4, 0.5) is 0 Å². The van der Waals surface area contributed by atoms with Gasteiger partial charge in [0, 0.05) is 31.7 Å². The van der Waals surface area contributed by atoms with E-state index in [0.717, 1.165) is 19.6 Å². The number of nitrogens with one attached hydrogen (secondary N) is 1. The topological polar surface area (TPSA) is 44.7 Å². The van der Waals surface area contributed by atoms with E-state index in [1.54, 1.807) is 0 Å². The van der Waals surface area contributed by atoms with Crippen LogP contribution in [0.15, 0.2) is 0 Å².